The molecule has 1 unspecified atom stereocenters. The van der Waals surface area contributed by atoms with Gasteiger partial charge >= 0.3 is 0 Å². The van der Waals surface area contributed by atoms with Gasteiger partial charge in [0.05, 0.1) is 0 Å². The van der Waals surface area contributed by atoms with Gasteiger partial charge in [-0.3, -0.25) is 4.79 Å². The van der Waals surface area contributed by atoms with Crippen molar-refractivity contribution in [2.75, 3.05) is 0 Å². The molecule has 0 N–H and O–H groups in total. The zero-order chi connectivity index (χ0) is 10.3. The second-order valence-electron chi connectivity index (χ2n) is 5.70. The van der Waals surface area contributed by atoms with Gasteiger partial charge in [0.25, 0.3) is 0 Å². The van der Waals surface area contributed by atoms with Crippen molar-refractivity contribution in [3.63, 3.8) is 0 Å². The number of carbonyl (C=O) groups is 1. The molecule has 1 spiro atoms. The zero-order valence-corrected chi connectivity index (χ0v) is 9.43. The summed E-state index contributed by atoms with van der Waals surface area (Å²) >= 11 is 0. The van der Waals surface area contributed by atoms with Crippen molar-refractivity contribution in [2.45, 2.75) is 57.8 Å². The van der Waals surface area contributed by atoms with Gasteiger partial charge in [0.1, 0.15) is 0 Å². The maximum Gasteiger partial charge on any atom is 0.156 e. The summed E-state index contributed by atoms with van der Waals surface area (Å²) in [5, 5.41) is 0. The van der Waals surface area contributed by atoms with E-state index in [9.17, 15) is 4.79 Å². The highest BCUT2D eigenvalue weighted by atomic mass is 16.1. The number of hydrogen-bond acceptors (Lipinski definition) is 1. The lowest BCUT2D eigenvalue weighted by Crippen LogP contribution is -2.32. The molecule has 0 saturated heterocycles. The van der Waals surface area contributed by atoms with Gasteiger partial charge in [-0.25, -0.2) is 0 Å². The first-order valence-electron chi connectivity index (χ1n) is 6.55. The standard InChI is InChI=1S/C14H20O/c15-12-9-11-5-4-8-14(13(11)10-12)6-2-1-3-7-14/h10-11H,1-9H2. The highest BCUT2D eigenvalue weighted by Crippen LogP contribution is 2.55. The molecular weight excluding hydrogens is 184 g/mol. The summed E-state index contributed by atoms with van der Waals surface area (Å²) in [6, 6.07) is 0. The van der Waals surface area contributed by atoms with Crippen molar-refractivity contribution in [3.8, 4) is 0 Å². The Hall–Kier alpha value is -0.590. The van der Waals surface area contributed by atoms with E-state index in [1.165, 1.54) is 51.4 Å². The van der Waals surface area contributed by atoms with Crippen LogP contribution in [-0.2, 0) is 4.79 Å². The molecule has 3 aliphatic carbocycles. The molecule has 1 heteroatoms. The molecule has 2 saturated carbocycles. The first-order valence-corrected chi connectivity index (χ1v) is 6.55. The minimum atomic E-state index is 0.404. The Bertz CT molecular complexity index is 302. The Kier molecular flexibility index (Phi) is 2.22. The Morgan fingerprint density at radius 2 is 1.80 bits per heavy atom. The molecule has 0 aromatic carbocycles. The first-order chi connectivity index (χ1) is 7.30. The van der Waals surface area contributed by atoms with Crippen LogP contribution < -0.4 is 0 Å². The highest BCUT2D eigenvalue weighted by molar-refractivity contribution is 5.93. The third-order valence-electron chi connectivity index (χ3n) is 4.83. The fourth-order valence-corrected chi connectivity index (χ4v) is 4.15. The summed E-state index contributed by atoms with van der Waals surface area (Å²) in [5.74, 6) is 1.05. The molecule has 82 valence electrons. The third-order valence-corrected chi connectivity index (χ3v) is 4.83. The van der Waals surface area contributed by atoms with Gasteiger partial charge in [0, 0.05) is 6.42 Å². The van der Waals surface area contributed by atoms with Crippen LogP contribution in [0.25, 0.3) is 0 Å². The quantitative estimate of drug-likeness (QED) is 0.589. The van der Waals surface area contributed by atoms with Gasteiger partial charge in [-0.2, -0.15) is 0 Å². The maximum absolute atomic E-state index is 11.6. The zero-order valence-electron chi connectivity index (χ0n) is 9.43. The molecule has 1 nitrogen and oxygen atoms in total. The molecular formula is C14H20O. The molecule has 0 aromatic heterocycles. The molecule has 0 aliphatic heterocycles. The predicted octanol–water partition coefficient (Wildman–Crippen LogP) is 3.64. The largest absolute Gasteiger partial charge is 0.295 e. The Morgan fingerprint density at radius 3 is 2.60 bits per heavy atom. The lowest BCUT2D eigenvalue weighted by molar-refractivity contribution is -0.114. The number of carbonyl (C=O) groups excluding carboxylic acids is 1. The molecule has 15 heavy (non-hydrogen) atoms. The first kappa shape index (κ1) is 9.62. The lowest BCUT2D eigenvalue weighted by Gasteiger charge is -2.44. The SMILES string of the molecule is O=C1C=C2C(CCCC23CCCCC3)C1. The van der Waals surface area contributed by atoms with Crippen molar-refractivity contribution in [1.82, 2.24) is 0 Å². The summed E-state index contributed by atoms with van der Waals surface area (Å²) in [6.07, 6.45) is 13.8. The van der Waals surface area contributed by atoms with Crippen LogP contribution in [-0.4, -0.2) is 5.78 Å². The molecule has 0 heterocycles. The van der Waals surface area contributed by atoms with Crippen molar-refractivity contribution in [3.05, 3.63) is 11.6 Å². The van der Waals surface area contributed by atoms with Crippen LogP contribution in [0, 0.1) is 11.3 Å². The van der Waals surface area contributed by atoms with Crippen molar-refractivity contribution < 1.29 is 4.79 Å². The molecule has 0 amide bonds. The van der Waals surface area contributed by atoms with Crippen LogP contribution >= 0.6 is 0 Å². The topological polar surface area (TPSA) is 17.1 Å². The summed E-state index contributed by atoms with van der Waals surface area (Å²) in [6.45, 7) is 0. The van der Waals surface area contributed by atoms with E-state index in [1.807, 2.05) is 6.08 Å². The van der Waals surface area contributed by atoms with Gasteiger partial charge in [0.15, 0.2) is 5.78 Å². The number of rotatable bonds is 0. The van der Waals surface area contributed by atoms with Gasteiger partial charge in [-0.15, -0.1) is 0 Å². The maximum atomic E-state index is 11.6. The number of hydrogen-bond donors (Lipinski definition) is 0. The third kappa shape index (κ3) is 1.47. The average molecular weight is 204 g/mol. The lowest BCUT2D eigenvalue weighted by atomic mass is 9.60. The second-order valence-corrected chi connectivity index (χ2v) is 5.70. The summed E-state index contributed by atoms with van der Waals surface area (Å²) in [7, 11) is 0. The summed E-state index contributed by atoms with van der Waals surface area (Å²) in [5.41, 5.74) is 2.05. The predicted molar refractivity (Wildman–Crippen MR) is 60.6 cm³/mol. The number of fused-ring (bicyclic) bond motifs is 2. The molecule has 2 fully saturated rings. The molecule has 3 aliphatic rings. The Morgan fingerprint density at radius 1 is 1.07 bits per heavy atom. The van der Waals surface area contributed by atoms with E-state index in [-0.39, 0.29) is 0 Å². The van der Waals surface area contributed by atoms with E-state index >= 15 is 0 Å². The van der Waals surface area contributed by atoms with E-state index in [1.54, 1.807) is 5.57 Å². The molecule has 3 rings (SSSR count). The van der Waals surface area contributed by atoms with Crippen LogP contribution in [0.4, 0.5) is 0 Å². The molecule has 0 aromatic rings. The second kappa shape index (κ2) is 3.47. The van der Waals surface area contributed by atoms with Crippen LogP contribution in [0.1, 0.15) is 57.8 Å². The highest BCUT2D eigenvalue weighted by Gasteiger charge is 2.44. The van der Waals surface area contributed by atoms with Crippen molar-refractivity contribution >= 4 is 5.78 Å². The van der Waals surface area contributed by atoms with E-state index in [0.29, 0.717) is 17.1 Å². The minimum Gasteiger partial charge on any atom is -0.295 e. The van der Waals surface area contributed by atoms with Crippen LogP contribution in [0.2, 0.25) is 0 Å². The monoisotopic (exact) mass is 204 g/mol. The summed E-state index contributed by atoms with van der Waals surface area (Å²) < 4.78 is 0. The van der Waals surface area contributed by atoms with Crippen molar-refractivity contribution in [2.24, 2.45) is 11.3 Å². The van der Waals surface area contributed by atoms with Crippen molar-refractivity contribution in [1.29, 1.82) is 0 Å². The molecule has 1 atom stereocenters. The normalized spacial score (nSPS) is 34.0. The van der Waals surface area contributed by atoms with E-state index in [2.05, 4.69) is 0 Å². The molecule has 0 bridgehead atoms. The fourth-order valence-electron chi connectivity index (χ4n) is 4.15. The fraction of sp³-hybridized carbons (Fsp3) is 0.786. The van der Waals surface area contributed by atoms with E-state index in [4.69, 9.17) is 0 Å². The average Bonchev–Trinajstić information content (AvgIpc) is 2.62. The number of ketones is 1. The molecule has 0 radical (unpaired) electrons. The van der Waals surface area contributed by atoms with Gasteiger partial charge in [0.2, 0.25) is 0 Å². The van der Waals surface area contributed by atoms with E-state index < -0.39 is 0 Å². The Labute approximate surface area is 91.9 Å². The smallest absolute Gasteiger partial charge is 0.156 e. The van der Waals surface area contributed by atoms with Crippen LogP contribution in [0.3, 0.4) is 0 Å². The van der Waals surface area contributed by atoms with Crippen LogP contribution in [0.15, 0.2) is 11.6 Å². The van der Waals surface area contributed by atoms with Gasteiger partial charge in [-0.1, -0.05) is 31.3 Å². The Balaban J connectivity index is 1.93. The minimum absolute atomic E-state index is 0.404. The van der Waals surface area contributed by atoms with Gasteiger partial charge in [-0.05, 0) is 43.1 Å². The summed E-state index contributed by atoms with van der Waals surface area (Å²) in [4.78, 5) is 11.6. The van der Waals surface area contributed by atoms with Gasteiger partial charge < -0.3 is 0 Å². The van der Waals surface area contributed by atoms with Crippen LogP contribution in [0.5, 0.6) is 0 Å². The number of allylic oxidation sites excluding steroid dienone is 2. The van der Waals surface area contributed by atoms with E-state index in [0.717, 1.165) is 6.42 Å².